The number of amides is 2. The predicted molar refractivity (Wildman–Crippen MR) is 119 cm³/mol. The summed E-state index contributed by atoms with van der Waals surface area (Å²) in [5.41, 5.74) is 0.425. The molecule has 2 aliphatic heterocycles. The zero-order valence-electron chi connectivity index (χ0n) is 19.3. The fraction of sp³-hybridized carbons (Fsp3) is 0.625. The first-order valence-corrected chi connectivity index (χ1v) is 11.7. The van der Waals surface area contributed by atoms with Crippen LogP contribution in [0.25, 0.3) is 0 Å². The maximum atomic E-state index is 12.9. The van der Waals surface area contributed by atoms with Crippen LogP contribution in [0.5, 0.6) is 0 Å². The van der Waals surface area contributed by atoms with Crippen LogP contribution < -0.4 is 0 Å². The Bertz CT molecular complexity index is 826. The van der Waals surface area contributed by atoms with Crippen LogP contribution >= 0.6 is 0 Å². The van der Waals surface area contributed by atoms with Crippen LogP contribution in [0.4, 0.5) is 0 Å². The van der Waals surface area contributed by atoms with Crippen LogP contribution in [0.15, 0.2) is 24.3 Å². The Morgan fingerprint density at radius 2 is 1.56 bits per heavy atom. The number of benzene rings is 1. The van der Waals surface area contributed by atoms with E-state index in [1.807, 2.05) is 0 Å². The number of unbranched alkanes of at least 4 members (excludes halogenated alkanes) is 5. The van der Waals surface area contributed by atoms with Crippen molar-refractivity contribution in [3.05, 3.63) is 35.4 Å². The minimum atomic E-state index is -1.55. The summed E-state index contributed by atoms with van der Waals surface area (Å²) in [6.07, 6.45) is 0.208. The highest BCUT2D eigenvalue weighted by Gasteiger charge is 2.53. The number of nitrogens with zero attached hydrogens (tertiary/aromatic N) is 1. The Morgan fingerprint density at radius 1 is 0.971 bits per heavy atom. The molecule has 2 amide bonds. The van der Waals surface area contributed by atoms with E-state index in [2.05, 4.69) is 4.74 Å². The number of aliphatic hydroxyl groups excluding tert-OH is 3. The Balaban J connectivity index is 1.56. The molecule has 1 fully saturated rings. The number of carbonyl (C=O) groups is 3. The summed E-state index contributed by atoms with van der Waals surface area (Å²) in [6.45, 7) is -0.314. The van der Waals surface area contributed by atoms with E-state index in [1.54, 1.807) is 12.1 Å². The van der Waals surface area contributed by atoms with Gasteiger partial charge in [0.15, 0.2) is 6.29 Å². The summed E-state index contributed by atoms with van der Waals surface area (Å²) in [7, 11) is 1.37. The number of rotatable bonds is 12. The van der Waals surface area contributed by atoms with Gasteiger partial charge in [0.25, 0.3) is 11.8 Å². The third kappa shape index (κ3) is 5.81. The molecule has 5 atom stereocenters. The van der Waals surface area contributed by atoms with Crippen LogP contribution in [0.3, 0.4) is 0 Å². The monoisotopic (exact) mass is 479 g/mol. The lowest BCUT2D eigenvalue weighted by molar-refractivity contribution is -0.279. The van der Waals surface area contributed by atoms with Gasteiger partial charge < -0.3 is 29.5 Å². The Labute approximate surface area is 198 Å². The number of methoxy groups -OCH3 is 1. The van der Waals surface area contributed by atoms with Crippen LogP contribution in [0, 0.1) is 0 Å². The average Bonchev–Trinajstić information content (AvgIpc) is 3.10. The van der Waals surface area contributed by atoms with E-state index in [9.17, 15) is 29.7 Å². The smallest absolute Gasteiger partial charge is 0.305 e. The van der Waals surface area contributed by atoms with Crippen LogP contribution in [-0.4, -0.2) is 89.0 Å². The highest BCUT2D eigenvalue weighted by molar-refractivity contribution is 6.21. The molecular weight excluding hydrogens is 446 g/mol. The van der Waals surface area contributed by atoms with Gasteiger partial charge in [-0.1, -0.05) is 37.8 Å². The van der Waals surface area contributed by atoms with Crippen molar-refractivity contribution in [1.82, 2.24) is 4.90 Å². The number of fused-ring (bicyclic) bond motifs is 1. The lowest BCUT2D eigenvalue weighted by atomic mass is 9.95. The van der Waals surface area contributed by atoms with Gasteiger partial charge in [-0.15, -0.1) is 0 Å². The van der Waals surface area contributed by atoms with Gasteiger partial charge in [-0.3, -0.25) is 19.3 Å². The van der Waals surface area contributed by atoms with Gasteiger partial charge in [0.2, 0.25) is 0 Å². The van der Waals surface area contributed by atoms with Crippen molar-refractivity contribution < 1.29 is 43.9 Å². The lowest BCUT2D eigenvalue weighted by Crippen LogP contribution is -2.65. The minimum Gasteiger partial charge on any atom is -0.469 e. The van der Waals surface area contributed by atoms with E-state index < -0.39 is 49.1 Å². The number of imide groups is 1. The first-order chi connectivity index (χ1) is 16.4. The van der Waals surface area contributed by atoms with Gasteiger partial charge in [-0.05, 0) is 25.0 Å². The third-order valence-corrected chi connectivity index (χ3v) is 6.26. The average molecular weight is 480 g/mol. The fourth-order valence-electron chi connectivity index (χ4n) is 4.34. The first-order valence-electron chi connectivity index (χ1n) is 11.7. The maximum Gasteiger partial charge on any atom is 0.305 e. The quantitative estimate of drug-likeness (QED) is 0.227. The van der Waals surface area contributed by atoms with E-state index in [1.165, 1.54) is 19.2 Å². The Morgan fingerprint density at radius 3 is 2.15 bits per heavy atom. The number of esters is 1. The molecule has 1 aromatic rings. The van der Waals surface area contributed by atoms with Crippen molar-refractivity contribution in [2.24, 2.45) is 0 Å². The standard InChI is InChI=1S/C24H33NO9/c1-32-18(27)12-6-4-2-3-5-9-13-33-24-19(21(29)20(28)17(14-26)34-24)25-22(30)15-10-7-8-11-16(15)23(25)31/h7-8,10-11,17,19-21,24,26,28-29H,2-6,9,12-14H2,1H3/t17-,19+,20+,21+,24-/m1/s1. The predicted octanol–water partition coefficient (Wildman–Crippen LogP) is 1.01. The van der Waals surface area contributed by atoms with E-state index >= 15 is 0 Å². The van der Waals surface area contributed by atoms with Crippen LogP contribution in [-0.2, 0) is 19.0 Å². The number of hydrogen-bond acceptors (Lipinski definition) is 9. The Kier molecular flexibility index (Phi) is 9.54. The van der Waals surface area contributed by atoms with E-state index in [0.717, 1.165) is 37.0 Å². The molecule has 0 spiro atoms. The van der Waals surface area contributed by atoms with Gasteiger partial charge in [0.05, 0.1) is 24.8 Å². The number of carbonyl (C=O) groups excluding carboxylic acids is 3. The van der Waals surface area contributed by atoms with Crippen molar-refractivity contribution >= 4 is 17.8 Å². The number of hydrogen-bond donors (Lipinski definition) is 3. The van der Waals surface area contributed by atoms with Crippen molar-refractivity contribution in [2.45, 2.75) is 75.6 Å². The first kappa shape index (κ1) is 26.2. The molecule has 0 radical (unpaired) electrons. The maximum absolute atomic E-state index is 12.9. The molecule has 2 aliphatic rings. The molecule has 0 unspecified atom stereocenters. The third-order valence-electron chi connectivity index (χ3n) is 6.26. The molecule has 10 nitrogen and oxygen atoms in total. The molecule has 0 aliphatic carbocycles. The molecule has 3 rings (SSSR count). The van der Waals surface area contributed by atoms with Gasteiger partial charge in [-0.25, -0.2) is 0 Å². The van der Waals surface area contributed by atoms with Crippen molar-refractivity contribution in [1.29, 1.82) is 0 Å². The van der Waals surface area contributed by atoms with E-state index in [0.29, 0.717) is 12.8 Å². The molecule has 0 saturated carbocycles. The number of ether oxygens (including phenoxy) is 3. The summed E-state index contributed by atoms with van der Waals surface area (Å²) in [5.74, 6) is -1.39. The zero-order valence-corrected chi connectivity index (χ0v) is 19.3. The van der Waals surface area contributed by atoms with Crippen molar-refractivity contribution in [3.8, 4) is 0 Å². The second-order valence-corrected chi connectivity index (χ2v) is 8.54. The normalized spacial score (nSPS) is 26.6. The highest BCUT2D eigenvalue weighted by atomic mass is 16.7. The van der Waals surface area contributed by atoms with Gasteiger partial charge >= 0.3 is 5.97 Å². The second-order valence-electron chi connectivity index (χ2n) is 8.54. The fourth-order valence-corrected chi connectivity index (χ4v) is 4.34. The SMILES string of the molecule is COC(=O)CCCCCCCCO[C@@H]1O[C@H](CO)[C@H](O)[C@@H](O)[C@@H]1N1C(=O)c2ccccc2C1=O. The van der Waals surface area contributed by atoms with Crippen molar-refractivity contribution in [2.75, 3.05) is 20.3 Å². The second kappa shape index (κ2) is 12.4. The molecule has 1 saturated heterocycles. The van der Waals surface area contributed by atoms with Crippen molar-refractivity contribution in [3.63, 3.8) is 0 Å². The number of aliphatic hydroxyl groups is 3. The van der Waals surface area contributed by atoms with Gasteiger partial charge in [0.1, 0.15) is 24.4 Å². The summed E-state index contributed by atoms with van der Waals surface area (Å²) < 4.78 is 16.1. The van der Waals surface area contributed by atoms with Crippen LogP contribution in [0.2, 0.25) is 0 Å². The topological polar surface area (TPSA) is 143 Å². The molecule has 0 bridgehead atoms. The molecule has 1 aromatic carbocycles. The summed E-state index contributed by atoms with van der Waals surface area (Å²) in [5, 5.41) is 30.7. The largest absolute Gasteiger partial charge is 0.469 e. The molecule has 10 heteroatoms. The molecule has 188 valence electrons. The molecule has 2 heterocycles. The Hall–Kier alpha value is -2.37. The summed E-state index contributed by atoms with van der Waals surface area (Å²) in [6, 6.07) is 5.07. The molecular formula is C24H33NO9. The lowest BCUT2D eigenvalue weighted by Gasteiger charge is -2.44. The molecule has 0 aromatic heterocycles. The van der Waals surface area contributed by atoms with Gasteiger partial charge in [0, 0.05) is 13.0 Å². The summed E-state index contributed by atoms with van der Waals surface area (Å²) in [4.78, 5) is 37.9. The molecule has 34 heavy (non-hydrogen) atoms. The highest BCUT2D eigenvalue weighted by Crippen LogP contribution is 2.32. The zero-order chi connectivity index (χ0) is 24.7. The molecule has 3 N–H and O–H groups in total. The minimum absolute atomic E-state index is 0.206. The van der Waals surface area contributed by atoms with Crippen LogP contribution in [0.1, 0.15) is 65.7 Å². The summed E-state index contributed by atoms with van der Waals surface area (Å²) >= 11 is 0. The van der Waals surface area contributed by atoms with E-state index in [-0.39, 0.29) is 23.7 Å². The van der Waals surface area contributed by atoms with Gasteiger partial charge in [-0.2, -0.15) is 0 Å². The van der Waals surface area contributed by atoms with E-state index in [4.69, 9.17) is 9.47 Å².